The van der Waals surface area contributed by atoms with Gasteiger partial charge in [0.25, 0.3) is 5.91 Å². The summed E-state index contributed by atoms with van der Waals surface area (Å²) in [6.07, 6.45) is -8.75. The van der Waals surface area contributed by atoms with Crippen molar-refractivity contribution in [2.45, 2.75) is 25.8 Å². The average molecular weight is 670 g/mol. The van der Waals surface area contributed by atoms with E-state index in [2.05, 4.69) is 32.1 Å². The molecule has 8 nitrogen and oxygen atoms in total. The van der Waals surface area contributed by atoms with Gasteiger partial charge in [-0.15, -0.1) is 0 Å². The van der Waals surface area contributed by atoms with Crippen molar-refractivity contribution in [2.24, 2.45) is 0 Å². The summed E-state index contributed by atoms with van der Waals surface area (Å²) in [5.41, 5.74) is -2.23. The fourth-order valence-corrected chi connectivity index (χ4v) is 5.22. The number of likely N-dealkylation sites (N-methyl/N-ethyl adjacent to an activating group) is 2. The third kappa shape index (κ3) is 9.61. The second kappa shape index (κ2) is 14.9. The molecule has 1 aromatic heterocycles. The van der Waals surface area contributed by atoms with Crippen molar-refractivity contribution < 1.29 is 35.5 Å². The van der Waals surface area contributed by atoms with Crippen molar-refractivity contribution >= 4 is 11.9 Å². The number of carbonyl (C=O) groups is 1. The Morgan fingerprint density at radius 2 is 1.45 bits per heavy atom. The van der Waals surface area contributed by atoms with Gasteiger partial charge in [0.05, 0.1) is 22.4 Å². The number of halogens is 7. The Hall–Kier alpha value is -3.82. The van der Waals surface area contributed by atoms with Gasteiger partial charge in [0.2, 0.25) is 5.95 Å². The molecule has 0 bridgehead atoms. The van der Waals surface area contributed by atoms with Crippen molar-refractivity contribution in [1.29, 1.82) is 0 Å². The number of hydrogen-bond donors (Lipinski definition) is 1. The molecule has 3 aromatic rings. The predicted molar refractivity (Wildman–Crippen MR) is 164 cm³/mol. The van der Waals surface area contributed by atoms with Gasteiger partial charge in [0.1, 0.15) is 5.82 Å². The molecule has 1 amide bonds. The lowest BCUT2D eigenvalue weighted by Gasteiger charge is -2.32. The van der Waals surface area contributed by atoms with E-state index in [1.54, 1.807) is 6.92 Å². The third-order valence-corrected chi connectivity index (χ3v) is 7.99. The summed E-state index contributed by atoms with van der Waals surface area (Å²) < 4.78 is 93.8. The van der Waals surface area contributed by atoms with Crippen LogP contribution in [0.1, 0.15) is 32.6 Å². The molecule has 2 fully saturated rings. The van der Waals surface area contributed by atoms with Crippen molar-refractivity contribution in [2.75, 3.05) is 78.4 Å². The van der Waals surface area contributed by atoms with E-state index in [1.807, 2.05) is 11.9 Å². The summed E-state index contributed by atoms with van der Waals surface area (Å²) in [7, 11) is 5.39. The minimum atomic E-state index is -5.02. The molecule has 0 unspecified atom stereocenters. The minimum Gasteiger partial charge on any atom is -0.338 e. The molecule has 0 spiro atoms. The summed E-state index contributed by atoms with van der Waals surface area (Å²) >= 11 is 0. The van der Waals surface area contributed by atoms with E-state index in [9.17, 15) is 35.5 Å². The monoisotopic (exact) mass is 669 g/mol. The minimum absolute atomic E-state index is 0.0295. The lowest BCUT2D eigenvalue weighted by Crippen LogP contribution is -2.45. The highest BCUT2D eigenvalue weighted by atomic mass is 19.4. The number of amides is 1. The number of nitrogens with zero attached hydrogens (tertiary/aromatic N) is 6. The Morgan fingerprint density at radius 1 is 0.872 bits per heavy atom. The van der Waals surface area contributed by atoms with Crippen molar-refractivity contribution in [1.82, 2.24) is 30.0 Å². The van der Waals surface area contributed by atoms with E-state index in [1.165, 1.54) is 44.5 Å². The largest absolute Gasteiger partial charge is 0.416 e. The van der Waals surface area contributed by atoms with Crippen molar-refractivity contribution in [3.63, 3.8) is 0 Å². The maximum absolute atomic E-state index is 13.9. The van der Waals surface area contributed by atoms with Crippen LogP contribution >= 0.6 is 0 Å². The molecule has 0 saturated carbocycles. The topological polar surface area (TPSA) is 67.8 Å². The summed E-state index contributed by atoms with van der Waals surface area (Å²) in [6, 6.07) is 5.13. The molecule has 15 heteroatoms. The van der Waals surface area contributed by atoms with Gasteiger partial charge in [-0.2, -0.15) is 26.3 Å². The smallest absolute Gasteiger partial charge is 0.338 e. The molecule has 256 valence electrons. The van der Waals surface area contributed by atoms with Crippen LogP contribution in [0.5, 0.6) is 0 Å². The lowest BCUT2D eigenvalue weighted by molar-refractivity contribution is -0.143. The number of rotatable bonds is 5. The van der Waals surface area contributed by atoms with Gasteiger partial charge in [-0.25, -0.2) is 14.4 Å². The first-order chi connectivity index (χ1) is 22.0. The van der Waals surface area contributed by atoms with E-state index in [4.69, 9.17) is 0 Å². The van der Waals surface area contributed by atoms with Crippen LogP contribution in [0.25, 0.3) is 11.3 Å². The molecular weight excluding hydrogens is 631 g/mol. The number of benzene rings is 2. The van der Waals surface area contributed by atoms with Gasteiger partial charge in [-0.05, 0) is 68.5 Å². The van der Waals surface area contributed by atoms with Crippen molar-refractivity contribution in [3.8, 4) is 11.3 Å². The number of carbonyl (C=O) groups excluding carboxylic acids is 1. The van der Waals surface area contributed by atoms with Crippen LogP contribution in [0, 0.1) is 12.7 Å². The first-order valence-electron chi connectivity index (χ1n) is 15.0. The Balaban J connectivity index is 0.000000632. The second-order valence-corrected chi connectivity index (χ2v) is 11.8. The maximum Gasteiger partial charge on any atom is 0.416 e. The fourth-order valence-electron chi connectivity index (χ4n) is 5.22. The number of alkyl halides is 6. The Labute approximate surface area is 269 Å². The Morgan fingerprint density at radius 3 is 1.96 bits per heavy atom. The number of anilines is 1. The van der Waals surface area contributed by atoms with E-state index in [-0.39, 0.29) is 22.9 Å². The zero-order valence-corrected chi connectivity index (χ0v) is 26.6. The highest BCUT2D eigenvalue weighted by Gasteiger charge is 2.37. The van der Waals surface area contributed by atoms with Gasteiger partial charge < -0.3 is 24.9 Å². The molecule has 0 radical (unpaired) electrons. The molecule has 2 saturated heterocycles. The molecule has 0 atom stereocenters. The fraction of sp³-hybridized carbons (Fsp3) is 0.469. The summed E-state index contributed by atoms with van der Waals surface area (Å²) in [5, 5.41) is 3.27. The zero-order valence-electron chi connectivity index (χ0n) is 26.6. The molecular formula is C32H38F7N7O. The van der Waals surface area contributed by atoms with Crippen LogP contribution in [0.4, 0.5) is 36.7 Å². The predicted octanol–water partition coefficient (Wildman–Crippen LogP) is 5.17. The first kappa shape index (κ1) is 36.0. The molecule has 5 rings (SSSR count). The highest BCUT2D eigenvalue weighted by Crippen LogP contribution is 2.37. The normalized spacial score (nSPS) is 16.4. The average Bonchev–Trinajstić information content (AvgIpc) is 3.00. The van der Waals surface area contributed by atoms with E-state index in [0.717, 1.165) is 31.1 Å². The highest BCUT2D eigenvalue weighted by molar-refractivity contribution is 6.00. The van der Waals surface area contributed by atoms with Crippen LogP contribution in [-0.4, -0.2) is 104 Å². The Kier molecular flexibility index (Phi) is 11.5. The standard InChI is InChI=1S/C27H26F7N5O.C5H12N2/c1-16-10-20(28)4-5-21(16)23-22(14-35-25(36-23)39-8-6-37(2)7-9-39)24(40)38(3)15-17-11-18(26(29,30)31)13-19(12-17)27(32,33)34;1-7-4-2-6-3-5-7/h4-5,10-14H,6-9,15H2,1-3H3;6H,2-5H2,1H3. The number of hydrogen-bond acceptors (Lipinski definition) is 7. The maximum atomic E-state index is 13.9. The quantitative estimate of drug-likeness (QED) is 0.376. The number of aromatic nitrogens is 2. The lowest BCUT2D eigenvalue weighted by atomic mass is 10.0. The summed E-state index contributed by atoms with van der Waals surface area (Å²) in [6.45, 7) is 8.60. The van der Waals surface area contributed by atoms with Gasteiger partial charge in [-0.1, -0.05) is 0 Å². The van der Waals surface area contributed by atoms with Gasteiger partial charge in [0.15, 0.2) is 0 Å². The Bertz CT molecular complexity index is 1500. The van der Waals surface area contributed by atoms with Gasteiger partial charge in [-0.3, -0.25) is 4.79 Å². The first-order valence-corrected chi connectivity index (χ1v) is 15.0. The van der Waals surface area contributed by atoms with Crippen molar-refractivity contribution in [3.05, 3.63) is 76.2 Å². The molecule has 47 heavy (non-hydrogen) atoms. The summed E-state index contributed by atoms with van der Waals surface area (Å²) in [4.78, 5) is 29.9. The zero-order chi connectivity index (χ0) is 34.5. The van der Waals surface area contributed by atoms with Crippen LogP contribution in [0.3, 0.4) is 0 Å². The molecule has 3 heterocycles. The van der Waals surface area contributed by atoms with Crippen LogP contribution in [-0.2, 0) is 18.9 Å². The molecule has 2 aromatic carbocycles. The molecule has 0 aliphatic carbocycles. The number of aryl methyl sites for hydroxylation is 1. The van der Waals surface area contributed by atoms with E-state index < -0.39 is 41.7 Å². The number of piperazine rings is 2. The third-order valence-electron chi connectivity index (χ3n) is 7.99. The number of nitrogens with one attached hydrogen (secondary N) is 1. The molecule has 2 aliphatic rings. The van der Waals surface area contributed by atoms with E-state index in [0.29, 0.717) is 42.3 Å². The van der Waals surface area contributed by atoms with Gasteiger partial charge >= 0.3 is 12.4 Å². The summed E-state index contributed by atoms with van der Waals surface area (Å²) in [5.74, 6) is -0.877. The second-order valence-electron chi connectivity index (χ2n) is 11.8. The molecule has 2 aliphatic heterocycles. The van der Waals surface area contributed by atoms with Crippen LogP contribution in [0.15, 0.2) is 42.6 Å². The SMILES string of the molecule is CN1CCNCC1.Cc1cc(F)ccc1-c1nc(N2CCN(C)CC2)ncc1C(=O)N(C)Cc1cc(C(F)(F)F)cc(C(F)(F)F)c1. The van der Waals surface area contributed by atoms with E-state index >= 15 is 0 Å². The van der Waals surface area contributed by atoms with Crippen LogP contribution < -0.4 is 10.2 Å². The molecule has 1 N–H and O–H groups in total. The van der Waals surface area contributed by atoms with Crippen LogP contribution in [0.2, 0.25) is 0 Å². The van der Waals surface area contributed by atoms with Gasteiger partial charge in [0, 0.05) is 77.7 Å².